The maximum Gasteiger partial charge on any atom is 0.325 e. The van der Waals surface area contributed by atoms with Gasteiger partial charge in [-0.15, -0.1) is 0 Å². The topological polar surface area (TPSA) is 86.6 Å². The molecular formula is C10H9Cl2NO4. The number of nitrogens with one attached hydrogen (secondary N) is 1. The molecule has 0 aliphatic heterocycles. The second-order valence-electron chi connectivity index (χ2n) is 3.22. The van der Waals surface area contributed by atoms with Gasteiger partial charge in [0.25, 0.3) is 0 Å². The van der Waals surface area contributed by atoms with Crippen LogP contribution in [0.25, 0.3) is 0 Å². The molecule has 1 aromatic carbocycles. The molecule has 5 nitrogen and oxygen atoms in total. The van der Waals surface area contributed by atoms with Crippen molar-refractivity contribution in [2.24, 2.45) is 0 Å². The standard InChI is InChI=1S/C10H9Cl2NO4/c11-6-2-1-5(3-7(6)12)9(10(16)17)13-4-8(14)15/h1-3,9,13H,4H2,(H,14,15)(H,16,17). The summed E-state index contributed by atoms with van der Waals surface area (Å²) >= 11 is 11.5. The molecule has 92 valence electrons. The SMILES string of the molecule is O=C(O)CNC(C(=O)O)c1ccc(Cl)c(Cl)c1. The van der Waals surface area contributed by atoms with Crippen LogP contribution >= 0.6 is 23.2 Å². The average molecular weight is 278 g/mol. The summed E-state index contributed by atoms with van der Waals surface area (Å²) in [6.07, 6.45) is 0. The number of hydrogen-bond acceptors (Lipinski definition) is 3. The quantitative estimate of drug-likeness (QED) is 0.764. The first-order valence-electron chi connectivity index (χ1n) is 4.54. The van der Waals surface area contributed by atoms with Gasteiger partial charge in [-0.3, -0.25) is 14.9 Å². The van der Waals surface area contributed by atoms with E-state index >= 15 is 0 Å². The highest BCUT2D eigenvalue weighted by molar-refractivity contribution is 6.42. The summed E-state index contributed by atoms with van der Waals surface area (Å²) in [6.45, 7) is -0.461. The Hall–Kier alpha value is -1.30. The highest BCUT2D eigenvalue weighted by Gasteiger charge is 2.20. The van der Waals surface area contributed by atoms with Gasteiger partial charge < -0.3 is 10.2 Å². The second kappa shape index (κ2) is 5.86. The number of carboxylic acids is 2. The molecule has 17 heavy (non-hydrogen) atoms. The van der Waals surface area contributed by atoms with E-state index in [1.54, 1.807) is 0 Å². The van der Waals surface area contributed by atoms with E-state index in [9.17, 15) is 9.59 Å². The molecule has 1 atom stereocenters. The number of hydrogen-bond donors (Lipinski definition) is 3. The minimum absolute atomic E-state index is 0.215. The Morgan fingerprint density at radius 1 is 1.24 bits per heavy atom. The summed E-state index contributed by atoms with van der Waals surface area (Å²) in [5.74, 6) is -2.33. The van der Waals surface area contributed by atoms with E-state index in [0.29, 0.717) is 10.6 Å². The molecule has 0 aliphatic carbocycles. The van der Waals surface area contributed by atoms with Crippen molar-refractivity contribution in [3.05, 3.63) is 33.8 Å². The summed E-state index contributed by atoms with van der Waals surface area (Å²) in [4.78, 5) is 21.4. The highest BCUT2D eigenvalue weighted by atomic mass is 35.5. The lowest BCUT2D eigenvalue weighted by Crippen LogP contribution is -2.32. The smallest absolute Gasteiger partial charge is 0.325 e. The number of aliphatic carboxylic acids is 2. The first kappa shape index (κ1) is 13.8. The number of carboxylic acid groups (broad SMARTS) is 2. The van der Waals surface area contributed by atoms with Crippen LogP contribution in [-0.4, -0.2) is 28.7 Å². The predicted octanol–water partition coefficient (Wildman–Crippen LogP) is 1.79. The van der Waals surface area contributed by atoms with Crippen molar-refractivity contribution < 1.29 is 19.8 Å². The first-order valence-corrected chi connectivity index (χ1v) is 5.30. The number of carbonyl (C=O) groups is 2. The molecule has 0 spiro atoms. The first-order chi connectivity index (χ1) is 7.91. The van der Waals surface area contributed by atoms with Crippen LogP contribution in [0.4, 0.5) is 0 Å². The minimum Gasteiger partial charge on any atom is -0.480 e. The predicted molar refractivity (Wildman–Crippen MR) is 62.5 cm³/mol. The molecule has 1 rings (SSSR count). The summed E-state index contributed by atoms with van der Waals surface area (Å²) in [5.41, 5.74) is 0.341. The van der Waals surface area contributed by atoms with Gasteiger partial charge in [0.1, 0.15) is 6.04 Å². The second-order valence-corrected chi connectivity index (χ2v) is 4.03. The largest absolute Gasteiger partial charge is 0.480 e. The summed E-state index contributed by atoms with van der Waals surface area (Å²) in [5, 5.41) is 20.4. The molecule has 1 aromatic rings. The van der Waals surface area contributed by atoms with E-state index < -0.39 is 24.5 Å². The van der Waals surface area contributed by atoms with Gasteiger partial charge in [0, 0.05) is 0 Å². The fraction of sp³-hybridized carbons (Fsp3) is 0.200. The van der Waals surface area contributed by atoms with Crippen molar-refractivity contribution in [1.29, 1.82) is 0 Å². The van der Waals surface area contributed by atoms with Gasteiger partial charge in [0.2, 0.25) is 0 Å². The van der Waals surface area contributed by atoms with E-state index in [1.807, 2.05) is 0 Å². The van der Waals surface area contributed by atoms with Gasteiger partial charge >= 0.3 is 11.9 Å². The lowest BCUT2D eigenvalue weighted by molar-refractivity contribution is -0.140. The molecule has 0 aromatic heterocycles. The van der Waals surface area contributed by atoms with Crippen molar-refractivity contribution in [3.8, 4) is 0 Å². The van der Waals surface area contributed by atoms with Crippen molar-refractivity contribution in [1.82, 2.24) is 5.32 Å². The van der Waals surface area contributed by atoms with Crippen LogP contribution in [0.3, 0.4) is 0 Å². The normalized spacial score (nSPS) is 12.1. The van der Waals surface area contributed by atoms with Gasteiger partial charge in [0.15, 0.2) is 0 Å². The van der Waals surface area contributed by atoms with Crippen LogP contribution < -0.4 is 5.32 Å². The molecule has 0 bridgehead atoms. The third-order valence-corrected chi connectivity index (χ3v) is 2.72. The van der Waals surface area contributed by atoms with E-state index in [2.05, 4.69) is 5.32 Å². The summed E-state index contributed by atoms with van der Waals surface area (Å²) in [7, 11) is 0. The fourth-order valence-electron chi connectivity index (χ4n) is 1.23. The zero-order valence-electron chi connectivity index (χ0n) is 8.48. The lowest BCUT2D eigenvalue weighted by Gasteiger charge is -2.13. The Bertz CT molecular complexity index is 450. The average Bonchev–Trinajstić information content (AvgIpc) is 2.22. The van der Waals surface area contributed by atoms with Crippen LogP contribution in [0.5, 0.6) is 0 Å². The van der Waals surface area contributed by atoms with Gasteiger partial charge in [-0.2, -0.15) is 0 Å². The van der Waals surface area contributed by atoms with Crippen molar-refractivity contribution in [2.75, 3.05) is 6.54 Å². The Kier molecular flexibility index (Phi) is 4.74. The van der Waals surface area contributed by atoms with Crippen molar-refractivity contribution in [2.45, 2.75) is 6.04 Å². The molecule has 1 unspecified atom stereocenters. The van der Waals surface area contributed by atoms with E-state index in [0.717, 1.165) is 0 Å². The zero-order chi connectivity index (χ0) is 13.0. The fourth-order valence-corrected chi connectivity index (χ4v) is 1.54. The van der Waals surface area contributed by atoms with E-state index in [4.69, 9.17) is 33.4 Å². The third-order valence-electron chi connectivity index (χ3n) is 1.98. The monoisotopic (exact) mass is 277 g/mol. The molecule has 0 fully saturated rings. The molecule has 7 heteroatoms. The molecule has 0 heterocycles. The zero-order valence-corrected chi connectivity index (χ0v) is 10.00. The van der Waals surface area contributed by atoms with Gasteiger partial charge in [-0.05, 0) is 17.7 Å². The van der Waals surface area contributed by atoms with Gasteiger partial charge in [-0.25, -0.2) is 0 Å². The Labute approximate surface area is 107 Å². The van der Waals surface area contributed by atoms with Gasteiger partial charge in [-0.1, -0.05) is 29.3 Å². The summed E-state index contributed by atoms with van der Waals surface area (Å²) < 4.78 is 0. The molecule has 0 saturated heterocycles. The molecular weight excluding hydrogens is 269 g/mol. The minimum atomic E-state index is -1.19. The molecule has 0 saturated carbocycles. The maximum atomic E-state index is 11.0. The molecule has 0 amide bonds. The molecule has 3 N–H and O–H groups in total. The van der Waals surface area contributed by atoms with Crippen LogP contribution in [0.15, 0.2) is 18.2 Å². The third kappa shape index (κ3) is 3.89. The Morgan fingerprint density at radius 2 is 1.88 bits per heavy atom. The number of benzene rings is 1. The Balaban J connectivity index is 2.93. The maximum absolute atomic E-state index is 11.0. The van der Waals surface area contributed by atoms with Crippen LogP contribution in [0.1, 0.15) is 11.6 Å². The number of halogens is 2. The highest BCUT2D eigenvalue weighted by Crippen LogP contribution is 2.25. The van der Waals surface area contributed by atoms with Crippen LogP contribution in [0, 0.1) is 0 Å². The molecule has 0 aliphatic rings. The van der Waals surface area contributed by atoms with Gasteiger partial charge in [0.05, 0.1) is 16.6 Å². The number of rotatable bonds is 5. The van der Waals surface area contributed by atoms with Crippen LogP contribution in [0.2, 0.25) is 10.0 Å². The summed E-state index contributed by atoms with van der Waals surface area (Å²) in [6, 6.07) is 3.18. The van der Waals surface area contributed by atoms with E-state index in [-0.39, 0.29) is 5.02 Å². The van der Waals surface area contributed by atoms with Crippen molar-refractivity contribution >= 4 is 35.1 Å². The van der Waals surface area contributed by atoms with E-state index in [1.165, 1.54) is 18.2 Å². The Morgan fingerprint density at radius 3 is 2.35 bits per heavy atom. The molecule has 0 radical (unpaired) electrons. The lowest BCUT2D eigenvalue weighted by atomic mass is 10.1. The van der Waals surface area contributed by atoms with Crippen molar-refractivity contribution in [3.63, 3.8) is 0 Å². The van der Waals surface area contributed by atoms with Crippen LogP contribution in [-0.2, 0) is 9.59 Å².